The second kappa shape index (κ2) is 90.0. The van der Waals surface area contributed by atoms with E-state index in [-0.39, 0.29) is 37.1 Å². The molecule has 0 radical (unpaired) electrons. The molecule has 0 fully saturated rings. The Kier molecular flexibility index (Phi) is 267. The lowest BCUT2D eigenvalue weighted by Crippen LogP contribution is -1.66. The van der Waals surface area contributed by atoms with Gasteiger partial charge in [0.2, 0.25) is 0 Å². The molecule has 0 aliphatic carbocycles. The van der Waals surface area contributed by atoms with Crippen LogP contribution < -0.4 is 0 Å². The summed E-state index contributed by atoms with van der Waals surface area (Å²) in [4.78, 5) is 0. The van der Waals surface area contributed by atoms with Crippen LogP contribution in [0.5, 0.6) is 0 Å². The van der Waals surface area contributed by atoms with Crippen LogP contribution >= 0.6 is 0 Å². The minimum atomic E-state index is 0. The Morgan fingerprint density at radius 2 is 0.280 bits per heavy atom. The quantitative estimate of drug-likeness (QED) is 0.373. The van der Waals surface area contributed by atoms with E-state index in [1.54, 1.807) is 0 Å². The molecule has 0 rings (SSSR count). The first-order valence-corrected chi connectivity index (χ1v) is 8.50. The first-order chi connectivity index (χ1) is 9.29. The van der Waals surface area contributed by atoms with E-state index in [1.807, 2.05) is 55.4 Å². The van der Waals surface area contributed by atoms with Gasteiger partial charge in [0, 0.05) is 0 Å². The molecule has 168 valence electrons. The molecule has 0 aliphatic rings. The highest BCUT2D eigenvalue weighted by Crippen LogP contribution is 1.97. The summed E-state index contributed by atoms with van der Waals surface area (Å²) in [6.07, 6.45) is 0. The zero-order valence-corrected chi connectivity index (χ0v) is 18.0. The van der Waals surface area contributed by atoms with E-state index in [0.717, 1.165) is 0 Å². The predicted molar refractivity (Wildman–Crippen MR) is 138 cm³/mol. The third-order valence-electron chi connectivity index (χ3n) is 2.00. The highest BCUT2D eigenvalue weighted by molar-refractivity contribution is 5.02. The molecule has 0 bridgehead atoms. The van der Waals surface area contributed by atoms with E-state index < -0.39 is 0 Å². The van der Waals surface area contributed by atoms with E-state index in [9.17, 15) is 0 Å². The van der Waals surface area contributed by atoms with Gasteiger partial charge < -0.3 is 0 Å². The lowest BCUT2D eigenvalue weighted by atomic mass is 10.2. The molecule has 0 heteroatoms. The number of rotatable bonds is 0. The molecule has 0 spiro atoms. The highest BCUT2D eigenvalue weighted by atomic mass is 13.8. The SMILES string of the molecule is C.C.C.C.C.CC.CC.CC.CC.CC(C)=C(C)C.CC(C)=C(C)C. The van der Waals surface area contributed by atoms with Crippen LogP contribution in [0.15, 0.2) is 22.3 Å². The smallest absolute Gasteiger partial charge is 0.0440 e. The van der Waals surface area contributed by atoms with Gasteiger partial charge in [-0.15, -0.1) is 0 Å². The van der Waals surface area contributed by atoms with E-state index in [2.05, 4.69) is 55.4 Å². The molecule has 0 amide bonds. The first-order valence-electron chi connectivity index (χ1n) is 8.50. The first kappa shape index (κ1) is 74.3. The largest absolute Gasteiger partial charge is 0.0778 e. The minimum absolute atomic E-state index is 0. The van der Waals surface area contributed by atoms with Crippen LogP contribution in [0.3, 0.4) is 0 Å². The van der Waals surface area contributed by atoms with Crippen LogP contribution in [0.2, 0.25) is 0 Å². The van der Waals surface area contributed by atoms with Gasteiger partial charge in [-0.25, -0.2) is 0 Å². The second-order valence-electron chi connectivity index (χ2n) is 4.00. The molecule has 0 N–H and O–H groups in total. The summed E-state index contributed by atoms with van der Waals surface area (Å²) in [6.45, 7) is 33.0. The fourth-order valence-electron chi connectivity index (χ4n) is 0. The molecule has 0 heterocycles. The van der Waals surface area contributed by atoms with Gasteiger partial charge in [-0.05, 0) is 55.4 Å². The van der Waals surface area contributed by atoms with E-state index in [4.69, 9.17) is 0 Å². The average Bonchev–Trinajstić information content (AvgIpc) is 2.48. The summed E-state index contributed by atoms with van der Waals surface area (Å²) in [6, 6.07) is 0. The van der Waals surface area contributed by atoms with Crippen LogP contribution in [-0.4, -0.2) is 0 Å². The summed E-state index contributed by atoms with van der Waals surface area (Å²) < 4.78 is 0. The minimum Gasteiger partial charge on any atom is -0.0778 e. The molecule has 25 heavy (non-hydrogen) atoms. The normalized spacial score (nSPS) is 4.80. The van der Waals surface area contributed by atoms with Crippen molar-refractivity contribution in [3.05, 3.63) is 22.3 Å². The van der Waals surface area contributed by atoms with Crippen molar-refractivity contribution in [2.24, 2.45) is 0 Å². The van der Waals surface area contributed by atoms with Crippen molar-refractivity contribution in [2.45, 2.75) is 148 Å². The van der Waals surface area contributed by atoms with Gasteiger partial charge in [0.1, 0.15) is 0 Å². The van der Waals surface area contributed by atoms with Crippen LogP contribution in [0.25, 0.3) is 0 Å². The van der Waals surface area contributed by atoms with Gasteiger partial charge in [0.25, 0.3) is 0 Å². The van der Waals surface area contributed by atoms with E-state index >= 15 is 0 Å². The molecule has 0 aromatic heterocycles. The third kappa shape index (κ3) is 194. The molecule has 0 unspecified atom stereocenters. The monoisotopic (exact) mass is 369 g/mol. The molecule has 0 atom stereocenters. The maximum atomic E-state index is 2.12. The van der Waals surface area contributed by atoms with Crippen molar-refractivity contribution in [1.29, 1.82) is 0 Å². The number of allylic oxidation sites excluding steroid dienone is 4. The van der Waals surface area contributed by atoms with Crippen LogP contribution in [0.4, 0.5) is 0 Å². The molecular weight excluding hydrogens is 300 g/mol. The third-order valence-corrected chi connectivity index (χ3v) is 2.00. The molecule has 0 nitrogen and oxygen atoms in total. The van der Waals surface area contributed by atoms with Crippen LogP contribution in [-0.2, 0) is 0 Å². The topological polar surface area (TPSA) is 0 Å². The Balaban J connectivity index is -0.0000000109. The molecule has 0 aromatic rings. The molecule has 0 aromatic carbocycles. The molecule has 0 saturated carbocycles. The summed E-state index contributed by atoms with van der Waals surface area (Å²) >= 11 is 0. The van der Waals surface area contributed by atoms with Gasteiger partial charge in [-0.3, -0.25) is 0 Å². The van der Waals surface area contributed by atoms with Crippen LogP contribution in [0.1, 0.15) is 148 Å². The summed E-state index contributed by atoms with van der Waals surface area (Å²) in [7, 11) is 0. The van der Waals surface area contributed by atoms with Crippen molar-refractivity contribution in [3.8, 4) is 0 Å². The predicted octanol–water partition coefficient (Wildman–Crippen LogP) is 12.0. The van der Waals surface area contributed by atoms with E-state index in [1.165, 1.54) is 22.3 Å². The molecular formula is C25H68. The second-order valence-corrected chi connectivity index (χ2v) is 4.00. The van der Waals surface area contributed by atoms with Crippen LogP contribution in [0, 0.1) is 0 Å². The van der Waals surface area contributed by atoms with Gasteiger partial charge in [-0.2, -0.15) is 0 Å². The Hall–Kier alpha value is -0.520. The Morgan fingerprint density at radius 3 is 0.280 bits per heavy atom. The summed E-state index contributed by atoms with van der Waals surface area (Å²) in [5.41, 5.74) is 5.70. The lowest BCUT2D eigenvalue weighted by molar-refractivity contribution is 1.23. The zero-order chi connectivity index (χ0) is 18.3. The Morgan fingerprint density at radius 1 is 0.240 bits per heavy atom. The van der Waals surface area contributed by atoms with Gasteiger partial charge in [0.05, 0.1) is 0 Å². The highest BCUT2D eigenvalue weighted by Gasteiger charge is 1.75. The van der Waals surface area contributed by atoms with Crippen molar-refractivity contribution in [2.75, 3.05) is 0 Å². The van der Waals surface area contributed by atoms with Crippen molar-refractivity contribution in [3.63, 3.8) is 0 Å². The van der Waals surface area contributed by atoms with Gasteiger partial charge in [0.15, 0.2) is 0 Å². The Bertz CT molecular complexity index is 122. The standard InChI is InChI=1S/2C6H12.4C2H6.5CH4/c2*1-5(2)6(3)4;4*1-2;;;;;/h2*1-4H3;4*1-2H3;5*1H4. The fraction of sp³-hybridized carbons (Fsp3) is 0.840. The van der Waals surface area contributed by atoms with Gasteiger partial charge in [-0.1, -0.05) is 115 Å². The maximum Gasteiger partial charge on any atom is -0.0440 e. The zero-order valence-electron chi connectivity index (χ0n) is 18.0. The summed E-state index contributed by atoms with van der Waals surface area (Å²) in [5, 5.41) is 0. The van der Waals surface area contributed by atoms with Gasteiger partial charge >= 0.3 is 0 Å². The molecule has 0 aliphatic heterocycles. The maximum absolute atomic E-state index is 2.12. The van der Waals surface area contributed by atoms with Crippen molar-refractivity contribution in [1.82, 2.24) is 0 Å². The molecule has 0 saturated heterocycles. The van der Waals surface area contributed by atoms with E-state index in [0.29, 0.717) is 0 Å². The van der Waals surface area contributed by atoms with Crippen molar-refractivity contribution >= 4 is 0 Å². The lowest BCUT2D eigenvalue weighted by Gasteiger charge is -1.88. The van der Waals surface area contributed by atoms with Crippen molar-refractivity contribution < 1.29 is 0 Å². The number of hydrogen-bond acceptors (Lipinski definition) is 0. The fourth-order valence-corrected chi connectivity index (χ4v) is 0. The average molecular weight is 369 g/mol. The summed E-state index contributed by atoms with van der Waals surface area (Å²) in [5.74, 6) is 0. The Labute approximate surface area is 170 Å². The number of hydrogen-bond donors (Lipinski definition) is 0.